The first-order chi connectivity index (χ1) is 7.76. The lowest BCUT2D eigenvalue weighted by molar-refractivity contribution is 0.534. The molecular formula is C13H19N3. The van der Waals surface area contributed by atoms with Gasteiger partial charge in [-0.1, -0.05) is 26.0 Å². The van der Waals surface area contributed by atoms with E-state index < -0.39 is 0 Å². The molecular weight excluding hydrogens is 198 g/mol. The Bertz CT molecular complexity index is 473. The molecule has 0 fully saturated rings. The zero-order valence-electron chi connectivity index (χ0n) is 9.98. The fourth-order valence-electron chi connectivity index (χ4n) is 1.96. The molecule has 0 aliphatic carbocycles. The van der Waals surface area contributed by atoms with Gasteiger partial charge in [0.15, 0.2) is 0 Å². The van der Waals surface area contributed by atoms with Gasteiger partial charge < -0.3 is 10.3 Å². The molecule has 2 N–H and O–H groups in total. The number of aryl methyl sites for hydroxylation is 1. The highest BCUT2D eigenvalue weighted by Crippen LogP contribution is 2.16. The lowest BCUT2D eigenvalue weighted by Crippen LogP contribution is -2.25. The van der Waals surface area contributed by atoms with Gasteiger partial charge in [0.2, 0.25) is 0 Å². The van der Waals surface area contributed by atoms with Crippen LogP contribution in [-0.2, 0) is 13.0 Å². The van der Waals surface area contributed by atoms with Gasteiger partial charge in [-0.05, 0) is 18.6 Å². The van der Waals surface area contributed by atoms with Crippen LogP contribution in [0.15, 0.2) is 24.3 Å². The summed E-state index contributed by atoms with van der Waals surface area (Å²) in [4.78, 5) is 4.63. The van der Waals surface area contributed by atoms with Crippen LogP contribution in [0.5, 0.6) is 0 Å². The smallest absolute Gasteiger partial charge is 0.109 e. The standard InChI is InChI=1S/C13H19N3/c1-3-10(14)9-16-12-8-6-5-7-11(12)15-13(16)4-2/h5-8,10H,3-4,9,14H2,1-2H3. The molecule has 0 saturated heterocycles. The van der Waals surface area contributed by atoms with E-state index in [2.05, 4.69) is 41.6 Å². The summed E-state index contributed by atoms with van der Waals surface area (Å²) in [7, 11) is 0. The second kappa shape index (κ2) is 4.66. The zero-order chi connectivity index (χ0) is 11.5. The van der Waals surface area contributed by atoms with E-state index in [9.17, 15) is 0 Å². The van der Waals surface area contributed by atoms with Crippen molar-refractivity contribution in [3.8, 4) is 0 Å². The van der Waals surface area contributed by atoms with Crippen LogP contribution in [0.1, 0.15) is 26.1 Å². The van der Waals surface area contributed by atoms with Gasteiger partial charge in [-0.2, -0.15) is 0 Å². The first-order valence-corrected chi connectivity index (χ1v) is 5.96. The second-order valence-corrected chi connectivity index (χ2v) is 4.15. The Labute approximate surface area is 96.3 Å². The van der Waals surface area contributed by atoms with E-state index in [4.69, 9.17) is 5.73 Å². The normalized spacial score (nSPS) is 13.2. The van der Waals surface area contributed by atoms with Gasteiger partial charge in [-0.25, -0.2) is 4.98 Å². The van der Waals surface area contributed by atoms with E-state index in [1.807, 2.05) is 6.07 Å². The Morgan fingerprint density at radius 3 is 2.75 bits per heavy atom. The number of nitrogens with two attached hydrogens (primary N) is 1. The second-order valence-electron chi connectivity index (χ2n) is 4.15. The Balaban J connectivity index is 2.47. The Morgan fingerprint density at radius 2 is 2.06 bits per heavy atom. The molecule has 2 rings (SSSR count). The van der Waals surface area contributed by atoms with Crippen molar-refractivity contribution in [1.29, 1.82) is 0 Å². The summed E-state index contributed by atoms with van der Waals surface area (Å²) in [6.07, 6.45) is 1.95. The summed E-state index contributed by atoms with van der Waals surface area (Å²) in [5.74, 6) is 1.13. The summed E-state index contributed by atoms with van der Waals surface area (Å²) in [5, 5.41) is 0. The summed E-state index contributed by atoms with van der Waals surface area (Å²) in [6, 6.07) is 8.46. The quantitative estimate of drug-likeness (QED) is 0.854. The number of fused-ring (bicyclic) bond motifs is 1. The summed E-state index contributed by atoms with van der Waals surface area (Å²) in [5.41, 5.74) is 8.30. The van der Waals surface area contributed by atoms with Crippen LogP contribution >= 0.6 is 0 Å². The van der Waals surface area contributed by atoms with Crippen LogP contribution in [0, 0.1) is 0 Å². The maximum absolute atomic E-state index is 6.03. The number of hydrogen-bond acceptors (Lipinski definition) is 2. The number of benzene rings is 1. The minimum Gasteiger partial charge on any atom is -0.326 e. The minimum absolute atomic E-state index is 0.211. The third-order valence-electron chi connectivity index (χ3n) is 2.99. The molecule has 0 spiro atoms. The molecule has 0 saturated carbocycles. The zero-order valence-corrected chi connectivity index (χ0v) is 9.98. The summed E-state index contributed by atoms with van der Waals surface area (Å²) < 4.78 is 2.25. The van der Waals surface area contributed by atoms with E-state index in [1.165, 1.54) is 5.52 Å². The van der Waals surface area contributed by atoms with Crippen molar-refractivity contribution in [2.45, 2.75) is 39.3 Å². The van der Waals surface area contributed by atoms with Crippen molar-refractivity contribution < 1.29 is 0 Å². The maximum atomic E-state index is 6.03. The summed E-state index contributed by atoms with van der Waals surface area (Å²) >= 11 is 0. The average Bonchev–Trinajstić information content (AvgIpc) is 2.67. The minimum atomic E-state index is 0.211. The van der Waals surface area contributed by atoms with Crippen molar-refractivity contribution in [2.75, 3.05) is 0 Å². The monoisotopic (exact) mass is 217 g/mol. The highest BCUT2D eigenvalue weighted by Gasteiger charge is 2.10. The fourth-order valence-corrected chi connectivity index (χ4v) is 1.96. The SMILES string of the molecule is CCc1nc2ccccc2n1CC(N)CC. The molecule has 1 unspecified atom stereocenters. The van der Waals surface area contributed by atoms with Crippen molar-refractivity contribution in [3.63, 3.8) is 0 Å². The van der Waals surface area contributed by atoms with Crippen molar-refractivity contribution in [3.05, 3.63) is 30.1 Å². The first kappa shape index (κ1) is 11.1. The lowest BCUT2D eigenvalue weighted by atomic mass is 10.2. The van der Waals surface area contributed by atoms with Gasteiger partial charge in [0, 0.05) is 19.0 Å². The molecule has 3 heteroatoms. The number of imidazole rings is 1. The van der Waals surface area contributed by atoms with Crippen LogP contribution in [-0.4, -0.2) is 15.6 Å². The van der Waals surface area contributed by atoms with Gasteiger partial charge >= 0.3 is 0 Å². The third kappa shape index (κ3) is 1.95. The Kier molecular flexibility index (Phi) is 3.25. The van der Waals surface area contributed by atoms with E-state index in [1.54, 1.807) is 0 Å². The number of para-hydroxylation sites is 2. The predicted octanol–water partition coefficient (Wildman–Crippen LogP) is 2.34. The molecule has 3 nitrogen and oxygen atoms in total. The lowest BCUT2D eigenvalue weighted by Gasteiger charge is -2.13. The van der Waals surface area contributed by atoms with Crippen LogP contribution in [0.2, 0.25) is 0 Å². The van der Waals surface area contributed by atoms with Crippen LogP contribution in [0.4, 0.5) is 0 Å². The van der Waals surface area contributed by atoms with Crippen molar-refractivity contribution in [1.82, 2.24) is 9.55 Å². The molecule has 0 radical (unpaired) electrons. The first-order valence-electron chi connectivity index (χ1n) is 5.96. The van der Waals surface area contributed by atoms with Gasteiger partial charge in [-0.3, -0.25) is 0 Å². The Morgan fingerprint density at radius 1 is 1.31 bits per heavy atom. The van der Waals surface area contributed by atoms with Gasteiger partial charge in [0.1, 0.15) is 5.82 Å². The largest absolute Gasteiger partial charge is 0.326 e. The highest BCUT2D eigenvalue weighted by atomic mass is 15.1. The third-order valence-corrected chi connectivity index (χ3v) is 2.99. The molecule has 0 amide bonds. The number of aromatic nitrogens is 2. The topological polar surface area (TPSA) is 43.8 Å². The van der Waals surface area contributed by atoms with Crippen LogP contribution in [0.3, 0.4) is 0 Å². The van der Waals surface area contributed by atoms with Crippen molar-refractivity contribution >= 4 is 11.0 Å². The summed E-state index contributed by atoms with van der Waals surface area (Å²) in [6.45, 7) is 5.12. The molecule has 1 atom stereocenters. The number of hydrogen-bond donors (Lipinski definition) is 1. The Hall–Kier alpha value is -1.35. The van der Waals surface area contributed by atoms with E-state index in [0.29, 0.717) is 0 Å². The van der Waals surface area contributed by atoms with Gasteiger partial charge in [0.25, 0.3) is 0 Å². The molecule has 16 heavy (non-hydrogen) atoms. The van der Waals surface area contributed by atoms with Gasteiger partial charge in [-0.15, -0.1) is 0 Å². The molecule has 0 aliphatic rings. The molecule has 0 bridgehead atoms. The fraction of sp³-hybridized carbons (Fsp3) is 0.462. The molecule has 0 aliphatic heterocycles. The molecule has 86 valence electrons. The number of rotatable bonds is 4. The average molecular weight is 217 g/mol. The van der Waals surface area contributed by atoms with E-state index in [0.717, 1.165) is 30.7 Å². The number of nitrogens with zero attached hydrogens (tertiary/aromatic N) is 2. The maximum Gasteiger partial charge on any atom is 0.109 e. The van der Waals surface area contributed by atoms with E-state index >= 15 is 0 Å². The molecule has 2 aromatic rings. The van der Waals surface area contributed by atoms with Crippen LogP contribution in [0.25, 0.3) is 11.0 Å². The predicted molar refractivity (Wildman–Crippen MR) is 67.4 cm³/mol. The molecule has 1 heterocycles. The van der Waals surface area contributed by atoms with Gasteiger partial charge in [0.05, 0.1) is 11.0 Å². The van der Waals surface area contributed by atoms with E-state index in [-0.39, 0.29) is 6.04 Å². The molecule has 1 aromatic heterocycles. The molecule has 1 aromatic carbocycles. The van der Waals surface area contributed by atoms with Crippen LogP contribution < -0.4 is 5.73 Å². The highest BCUT2D eigenvalue weighted by molar-refractivity contribution is 5.75. The van der Waals surface area contributed by atoms with Crippen molar-refractivity contribution in [2.24, 2.45) is 5.73 Å².